The van der Waals surface area contributed by atoms with Crippen molar-refractivity contribution in [1.82, 2.24) is 4.72 Å². The van der Waals surface area contributed by atoms with E-state index in [-0.39, 0.29) is 20.5 Å². The first-order valence-electron chi connectivity index (χ1n) is 7.85. The third kappa shape index (κ3) is 2.48. The maximum atomic E-state index is 12.9. The van der Waals surface area contributed by atoms with Crippen molar-refractivity contribution in [3.63, 3.8) is 0 Å². The number of halogens is 2. The molecule has 4 saturated carbocycles. The van der Waals surface area contributed by atoms with Gasteiger partial charge in [-0.1, -0.05) is 29.3 Å². The molecule has 4 aliphatic carbocycles. The highest BCUT2D eigenvalue weighted by molar-refractivity contribution is 7.89. The minimum atomic E-state index is -3.70. The van der Waals surface area contributed by atoms with Crippen molar-refractivity contribution in [1.29, 1.82) is 0 Å². The fourth-order valence-corrected chi connectivity index (χ4v) is 7.89. The normalized spacial score (nSPS) is 36.7. The molecular formula is C16H19Cl2NO2S. The van der Waals surface area contributed by atoms with E-state index in [0.717, 1.165) is 19.3 Å². The first kappa shape index (κ1) is 15.3. The third-order valence-electron chi connectivity index (χ3n) is 5.58. The van der Waals surface area contributed by atoms with Crippen molar-refractivity contribution in [2.45, 2.75) is 49.0 Å². The molecule has 0 heterocycles. The minimum Gasteiger partial charge on any atom is -0.207 e. The Hall–Kier alpha value is -0.290. The first-order chi connectivity index (χ1) is 10.4. The highest BCUT2D eigenvalue weighted by Gasteiger charge is 2.52. The Balaban J connectivity index is 1.68. The van der Waals surface area contributed by atoms with Crippen LogP contribution in [-0.2, 0) is 10.0 Å². The van der Waals surface area contributed by atoms with E-state index in [1.807, 2.05) is 0 Å². The lowest BCUT2D eigenvalue weighted by molar-refractivity contribution is -0.00810. The molecule has 0 aromatic heterocycles. The highest BCUT2D eigenvalue weighted by Crippen LogP contribution is 2.56. The monoisotopic (exact) mass is 359 g/mol. The largest absolute Gasteiger partial charge is 0.244 e. The maximum absolute atomic E-state index is 12.9. The van der Waals surface area contributed by atoms with Crippen molar-refractivity contribution in [3.05, 3.63) is 28.2 Å². The van der Waals surface area contributed by atoms with Gasteiger partial charge in [-0.15, -0.1) is 0 Å². The van der Waals surface area contributed by atoms with Gasteiger partial charge in [0.25, 0.3) is 0 Å². The molecule has 120 valence electrons. The SMILES string of the molecule is O=S(=O)(NC12CC3CC(CC(C3)C1)C2)c1c(Cl)cccc1Cl. The molecule has 4 fully saturated rings. The fourth-order valence-electron chi connectivity index (χ4n) is 5.31. The van der Waals surface area contributed by atoms with Crippen molar-refractivity contribution < 1.29 is 8.42 Å². The first-order valence-corrected chi connectivity index (χ1v) is 10.1. The molecule has 0 amide bonds. The summed E-state index contributed by atoms with van der Waals surface area (Å²) < 4.78 is 28.8. The summed E-state index contributed by atoms with van der Waals surface area (Å²) in [5, 5.41) is 0.370. The van der Waals surface area contributed by atoms with Crippen LogP contribution >= 0.6 is 23.2 Å². The number of hydrogen-bond acceptors (Lipinski definition) is 2. The van der Waals surface area contributed by atoms with Gasteiger partial charge >= 0.3 is 0 Å². The van der Waals surface area contributed by atoms with Crippen molar-refractivity contribution in [2.24, 2.45) is 17.8 Å². The van der Waals surface area contributed by atoms with E-state index in [1.165, 1.54) is 19.3 Å². The summed E-state index contributed by atoms with van der Waals surface area (Å²) in [6.07, 6.45) is 6.69. The molecule has 4 aliphatic rings. The van der Waals surface area contributed by atoms with Gasteiger partial charge in [-0.25, -0.2) is 13.1 Å². The van der Waals surface area contributed by atoms with Gasteiger partial charge in [0, 0.05) is 5.54 Å². The quantitative estimate of drug-likeness (QED) is 0.876. The predicted molar refractivity (Wildman–Crippen MR) is 87.7 cm³/mol. The summed E-state index contributed by atoms with van der Waals surface area (Å²) in [5.74, 6) is 2.03. The number of nitrogens with one attached hydrogen (secondary N) is 1. The van der Waals surface area contributed by atoms with Crippen LogP contribution in [0.2, 0.25) is 10.0 Å². The number of rotatable bonds is 3. The molecule has 1 aromatic rings. The topological polar surface area (TPSA) is 46.2 Å². The van der Waals surface area contributed by atoms with Crippen molar-refractivity contribution in [2.75, 3.05) is 0 Å². The van der Waals surface area contributed by atoms with Crippen molar-refractivity contribution >= 4 is 33.2 Å². The van der Waals surface area contributed by atoms with E-state index in [2.05, 4.69) is 4.72 Å². The summed E-state index contributed by atoms with van der Waals surface area (Å²) in [6, 6.07) is 4.80. The van der Waals surface area contributed by atoms with E-state index < -0.39 is 10.0 Å². The summed E-state index contributed by atoms with van der Waals surface area (Å²) in [6.45, 7) is 0. The third-order valence-corrected chi connectivity index (χ3v) is 8.11. The average Bonchev–Trinajstić information content (AvgIpc) is 2.34. The summed E-state index contributed by atoms with van der Waals surface area (Å²) in [7, 11) is -3.70. The van der Waals surface area contributed by atoms with Crippen LogP contribution in [0.15, 0.2) is 23.1 Å². The number of benzene rings is 1. The van der Waals surface area contributed by atoms with E-state index in [1.54, 1.807) is 18.2 Å². The average molecular weight is 360 g/mol. The molecule has 3 nitrogen and oxygen atoms in total. The Morgan fingerprint density at radius 3 is 1.86 bits per heavy atom. The second-order valence-corrected chi connectivity index (χ2v) is 9.79. The molecule has 0 saturated heterocycles. The standard InChI is InChI=1S/C16H19Cl2NO2S/c17-13-2-1-3-14(18)15(13)22(20,21)19-16-7-10-4-11(8-16)6-12(5-10)9-16/h1-3,10-12,19H,4-9H2. The molecule has 0 spiro atoms. The number of hydrogen-bond donors (Lipinski definition) is 1. The second-order valence-electron chi connectivity index (χ2n) is 7.35. The lowest BCUT2D eigenvalue weighted by atomic mass is 9.53. The van der Waals surface area contributed by atoms with Crippen LogP contribution in [-0.4, -0.2) is 14.0 Å². The summed E-state index contributed by atoms with van der Waals surface area (Å²) >= 11 is 12.2. The Morgan fingerprint density at radius 1 is 0.955 bits per heavy atom. The zero-order valence-electron chi connectivity index (χ0n) is 12.2. The van der Waals surface area contributed by atoms with Crippen LogP contribution in [0.4, 0.5) is 0 Å². The van der Waals surface area contributed by atoms with Gasteiger partial charge in [0.15, 0.2) is 0 Å². The van der Waals surface area contributed by atoms with Gasteiger partial charge in [-0.3, -0.25) is 0 Å². The van der Waals surface area contributed by atoms with E-state index >= 15 is 0 Å². The molecule has 4 bridgehead atoms. The van der Waals surface area contributed by atoms with Crippen LogP contribution in [0.1, 0.15) is 38.5 Å². The molecule has 6 heteroatoms. The molecule has 1 N–H and O–H groups in total. The van der Waals surface area contributed by atoms with Crippen molar-refractivity contribution in [3.8, 4) is 0 Å². The van der Waals surface area contributed by atoms with E-state index in [9.17, 15) is 8.42 Å². The zero-order chi connectivity index (χ0) is 15.5. The molecule has 0 aliphatic heterocycles. The van der Waals surface area contributed by atoms with Crippen LogP contribution in [0, 0.1) is 17.8 Å². The molecule has 0 atom stereocenters. The molecular weight excluding hydrogens is 341 g/mol. The fraction of sp³-hybridized carbons (Fsp3) is 0.625. The van der Waals surface area contributed by atoms with Gasteiger partial charge in [0.2, 0.25) is 10.0 Å². The van der Waals surface area contributed by atoms with Crippen LogP contribution in [0.5, 0.6) is 0 Å². The Bertz CT molecular complexity index is 661. The highest BCUT2D eigenvalue weighted by atomic mass is 35.5. The Labute approximate surface area is 141 Å². The lowest BCUT2D eigenvalue weighted by Gasteiger charge is -2.56. The van der Waals surface area contributed by atoms with Crippen LogP contribution < -0.4 is 4.72 Å². The van der Waals surface area contributed by atoms with E-state index in [4.69, 9.17) is 23.2 Å². The van der Waals surface area contributed by atoms with Crippen LogP contribution in [0.25, 0.3) is 0 Å². The van der Waals surface area contributed by atoms with Gasteiger partial charge in [0.05, 0.1) is 10.0 Å². The Kier molecular flexibility index (Phi) is 3.54. The predicted octanol–water partition coefficient (Wildman–Crippen LogP) is 4.24. The molecule has 0 radical (unpaired) electrons. The summed E-state index contributed by atoms with van der Waals surface area (Å²) in [5.41, 5.74) is -0.282. The molecule has 22 heavy (non-hydrogen) atoms. The maximum Gasteiger partial charge on any atom is 0.244 e. The zero-order valence-corrected chi connectivity index (χ0v) is 14.5. The van der Waals surface area contributed by atoms with E-state index in [0.29, 0.717) is 17.8 Å². The summed E-state index contributed by atoms with van der Waals surface area (Å²) in [4.78, 5) is 0.0223. The smallest absolute Gasteiger partial charge is 0.207 e. The number of sulfonamides is 1. The molecule has 1 aromatic carbocycles. The molecule has 5 rings (SSSR count). The van der Waals surface area contributed by atoms with Crippen LogP contribution in [0.3, 0.4) is 0 Å². The van der Waals surface area contributed by atoms with Gasteiger partial charge < -0.3 is 0 Å². The minimum absolute atomic E-state index is 0.0223. The van der Waals surface area contributed by atoms with Gasteiger partial charge in [-0.2, -0.15) is 0 Å². The lowest BCUT2D eigenvalue weighted by Crippen LogP contribution is -2.59. The van der Waals surface area contributed by atoms with Gasteiger partial charge in [0.1, 0.15) is 4.90 Å². The Morgan fingerprint density at radius 2 is 1.41 bits per heavy atom. The second kappa shape index (κ2) is 5.10. The van der Waals surface area contributed by atoms with Gasteiger partial charge in [-0.05, 0) is 68.4 Å². The molecule has 0 unspecified atom stereocenters.